The first-order chi connectivity index (χ1) is 6.33. The number of rotatable bonds is 6. The number of halogens is 3. The fourth-order valence-electron chi connectivity index (χ4n) is 0.951. The van der Waals surface area contributed by atoms with E-state index in [1.165, 1.54) is 0 Å². The molecule has 0 fully saturated rings. The topological polar surface area (TPSA) is 32.3 Å². The Morgan fingerprint density at radius 2 is 1.79 bits per heavy atom. The summed E-state index contributed by atoms with van der Waals surface area (Å²) in [6.45, 7) is 3.96. The van der Waals surface area contributed by atoms with Crippen molar-refractivity contribution in [2.45, 2.75) is 51.4 Å². The van der Waals surface area contributed by atoms with Crippen molar-refractivity contribution in [3.8, 4) is 0 Å². The largest absolute Gasteiger partial charge is 0.392 e. The fraction of sp³-hybridized carbons (Fsp3) is 1.00. The summed E-state index contributed by atoms with van der Waals surface area (Å²) >= 11 is 0. The van der Waals surface area contributed by atoms with Gasteiger partial charge in [0, 0.05) is 12.5 Å². The molecule has 86 valence electrons. The minimum Gasteiger partial charge on any atom is -0.392 e. The lowest BCUT2D eigenvalue weighted by molar-refractivity contribution is -0.135. The highest BCUT2D eigenvalue weighted by atomic mass is 19.4. The van der Waals surface area contributed by atoms with Gasteiger partial charge in [0.25, 0.3) is 0 Å². The first-order valence-corrected chi connectivity index (χ1v) is 4.81. The highest BCUT2D eigenvalue weighted by molar-refractivity contribution is 4.66. The Labute approximate surface area is 82.5 Å². The van der Waals surface area contributed by atoms with Crippen LogP contribution in [0.5, 0.6) is 0 Å². The van der Waals surface area contributed by atoms with Crippen molar-refractivity contribution >= 4 is 0 Å². The summed E-state index contributed by atoms with van der Waals surface area (Å²) in [6.07, 6.45) is -4.62. The van der Waals surface area contributed by atoms with E-state index >= 15 is 0 Å². The fourth-order valence-corrected chi connectivity index (χ4v) is 0.951. The molecule has 0 aromatic carbocycles. The molecule has 0 aliphatic heterocycles. The van der Waals surface area contributed by atoms with E-state index in [2.05, 4.69) is 5.32 Å². The molecule has 0 aliphatic rings. The Bertz CT molecular complexity index is 147. The van der Waals surface area contributed by atoms with Gasteiger partial charge in [-0.1, -0.05) is 0 Å². The second-order valence-electron chi connectivity index (χ2n) is 3.56. The van der Waals surface area contributed by atoms with Crippen molar-refractivity contribution in [3.63, 3.8) is 0 Å². The highest BCUT2D eigenvalue weighted by Gasteiger charge is 2.25. The maximum atomic E-state index is 11.7. The zero-order chi connectivity index (χ0) is 11.2. The summed E-state index contributed by atoms with van der Waals surface area (Å²) in [5.74, 6) is 0. The summed E-state index contributed by atoms with van der Waals surface area (Å²) in [7, 11) is 0. The van der Waals surface area contributed by atoms with Gasteiger partial charge in [0.1, 0.15) is 0 Å². The maximum absolute atomic E-state index is 11.7. The molecule has 14 heavy (non-hydrogen) atoms. The molecule has 5 heteroatoms. The van der Waals surface area contributed by atoms with Gasteiger partial charge < -0.3 is 10.4 Å². The molecule has 0 aromatic heterocycles. The Kier molecular flexibility index (Phi) is 6.11. The van der Waals surface area contributed by atoms with Crippen LogP contribution in [-0.4, -0.2) is 30.0 Å². The van der Waals surface area contributed by atoms with E-state index in [4.69, 9.17) is 5.11 Å². The first kappa shape index (κ1) is 13.7. The van der Waals surface area contributed by atoms with Crippen molar-refractivity contribution in [2.75, 3.05) is 6.54 Å². The van der Waals surface area contributed by atoms with Crippen LogP contribution in [0.4, 0.5) is 13.2 Å². The monoisotopic (exact) mass is 213 g/mol. The van der Waals surface area contributed by atoms with Crippen LogP contribution in [0.1, 0.15) is 33.1 Å². The van der Waals surface area contributed by atoms with Crippen molar-refractivity contribution in [1.82, 2.24) is 5.32 Å². The van der Waals surface area contributed by atoms with Crippen molar-refractivity contribution in [3.05, 3.63) is 0 Å². The van der Waals surface area contributed by atoms with Crippen LogP contribution in [0, 0.1) is 0 Å². The van der Waals surface area contributed by atoms with Crippen LogP contribution in [0.25, 0.3) is 0 Å². The van der Waals surface area contributed by atoms with Crippen LogP contribution >= 0.6 is 0 Å². The Hall–Kier alpha value is -0.290. The van der Waals surface area contributed by atoms with Gasteiger partial charge in [-0.15, -0.1) is 0 Å². The summed E-state index contributed by atoms with van der Waals surface area (Å²) < 4.78 is 35.1. The van der Waals surface area contributed by atoms with Gasteiger partial charge in [-0.3, -0.25) is 0 Å². The van der Waals surface area contributed by atoms with E-state index < -0.39 is 18.7 Å². The zero-order valence-electron chi connectivity index (χ0n) is 8.56. The van der Waals surface area contributed by atoms with Crippen LogP contribution in [-0.2, 0) is 0 Å². The van der Waals surface area contributed by atoms with Crippen LogP contribution in [0.2, 0.25) is 0 Å². The Morgan fingerprint density at radius 3 is 2.21 bits per heavy atom. The average Bonchev–Trinajstić information content (AvgIpc) is 2.01. The number of aliphatic hydroxyl groups excluding tert-OH is 1. The van der Waals surface area contributed by atoms with Crippen LogP contribution in [0.15, 0.2) is 0 Å². The maximum Gasteiger partial charge on any atom is 0.389 e. The molecule has 0 amide bonds. The lowest BCUT2D eigenvalue weighted by Gasteiger charge is -2.16. The quantitative estimate of drug-likeness (QED) is 0.662. The van der Waals surface area contributed by atoms with E-state index in [0.29, 0.717) is 13.0 Å². The molecule has 0 aliphatic carbocycles. The summed E-state index contributed by atoms with van der Waals surface area (Å²) in [6, 6.07) is -0.0686. The average molecular weight is 213 g/mol. The molecule has 0 spiro atoms. The predicted octanol–water partition coefficient (Wildman–Crippen LogP) is 2.08. The van der Waals surface area contributed by atoms with Gasteiger partial charge >= 0.3 is 6.18 Å². The van der Waals surface area contributed by atoms with E-state index in [1.54, 1.807) is 13.8 Å². The second kappa shape index (κ2) is 6.24. The third-order valence-corrected chi connectivity index (χ3v) is 2.08. The third-order valence-electron chi connectivity index (χ3n) is 2.08. The molecule has 2 unspecified atom stereocenters. The van der Waals surface area contributed by atoms with Gasteiger partial charge in [0.05, 0.1) is 6.10 Å². The number of unbranched alkanes of at least 4 members (excludes halogenated alkanes) is 1. The van der Waals surface area contributed by atoms with Crippen molar-refractivity contribution in [1.29, 1.82) is 0 Å². The lowest BCUT2D eigenvalue weighted by Crippen LogP contribution is -2.36. The zero-order valence-corrected chi connectivity index (χ0v) is 8.56. The summed E-state index contributed by atoms with van der Waals surface area (Å²) in [5, 5.41) is 12.0. The summed E-state index contributed by atoms with van der Waals surface area (Å²) in [5.41, 5.74) is 0. The van der Waals surface area contributed by atoms with E-state index in [9.17, 15) is 13.2 Å². The second-order valence-corrected chi connectivity index (χ2v) is 3.56. The Morgan fingerprint density at radius 1 is 1.21 bits per heavy atom. The minimum absolute atomic E-state index is 0.0686. The minimum atomic E-state index is -4.05. The molecule has 2 atom stereocenters. The summed E-state index contributed by atoms with van der Waals surface area (Å²) in [4.78, 5) is 0. The highest BCUT2D eigenvalue weighted by Crippen LogP contribution is 2.21. The predicted molar refractivity (Wildman–Crippen MR) is 49.1 cm³/mol. The van der Waals surface area contributed by atoms with Gasteiger partial charge in [-0.2, -0.15) is 13.2 Å². The van der Waals surface area contributed by atoms with Crippen molar-refractivity contribution in [2.24, 2.45) is 0 Å². The lowest BCUT2D eigenvalue weighted by atomic mass is 10.2. The molecule has 0 radical (unpaired) electrons. The molecule has 0 bridgehead atoms. The molecule has 2 N–H and O–H groups in total. The molecule has 2 nitrogen and oxygen atoms in total. The number of aliphatic hydroxyl groups is 1. The van der Waals surface area contributed by atoms with E-state index in [1.807, 2.05) is 0 Å². The SMILES string of the molecule is CC(O)C(C)NCCCCC(F)(F)F. The number of hydrogen-bond donors (Lipinski definition) is 2. The number of hydrogen-bond acceptors (Lipinski definition) is 2. The van der Waals surface area contributed by atoms with Crippen LogP contribution < -0.4 is 5.32 Å². The van der Waals surface area contributed by atoms with Crippen molar-refractivity contribution < 1.29 is 18.3 Å². The number of alkyl halides is 3. The van der Waals surface area contributed by atoms with Gasteiger partial charge in [0.15, 0.2) is 0 Å². The molecule has 0 saturated carbocycles. The van der Waals surface area contributed by atoms with Crippen LogP contribution in [0.3, 0.4) is 0 Å². The normalized spacial score (nSPS) is 16.7. The van der Waals surface area contributed by atoms with Gasteiger partial charge in [-0.05, 0) is 33.2 Å². The van der Waals surface area contributed by atoms with Gasteiger partial charge in [-0.25, -0.2) is 0 Å². The number of nitrogens with one attached hydrogen (secondary N) is 1. The van der Waals surface area contributed by atoms with Gasteiger partial charge in [0.2, 0.25) is 0 Å². The Balaban J connectivity index is 3.30. The molecule has 0 saturated heterocycles. The first-order valence-electron chi connectivity index (χ1n) is 4.81. The van der Waals surface area contributed by atoms with E-state index in [-0.39, 0.29) is 12.5 Å². The van der Waals surface area contributed by atoms with E-state index in [0.717, 1.165) is 0 Å². The molecule has 0 rings (SSSR count). The molecular formula is C9H18F3NO. The molecule has 0 aromatic rings. The smallest absolute Gasteiger partial charge is 0.389 e. The molecule has 0 heterocycles. The third kappa shape index (κ3) is 8.31. The standard InChI is InChI=1S/C9H18F3NO/c1-7(8(2)14)13-6-4-3-5-9(10,11)12/h7-8,13-14H,3-6H2,1-2H3. The molecular weight excluding hydrogens is 195 g/mol.